The minimum Gasteiger partial charge on any atom is -0.480 e. The average Bonchev–Trinajstić information content (AvgIpc) is 2.66. The molecular formula is C20H22N2O4. The van der Waals surface area contributed by atoms with Crippen LogP contribution in [0.2, 0.25) is 0 Å². The van der Waals surface area contributed by atoms with Crippen LogP contribution in [-0.4, -0.2) is 28.9 Å². The summed E-state index contributed by atoms with van der Waals surface area (Å²) >= 11 is 0. The second kappa shape index (κ2) is 9.36. The standard InChI is InChI=1S/C20H22N2O4/c1-2-9-16(20(25)26)21-19(24)17(14-10-5-3-6-11-14)22-18(23)15-12-7-4-8-13-15/h3-8,10-13,16-17H,2,9H2,1H3,(H,21,24)(H,22,23)(H,25,26). The van der Waals surface area contributed by atoms with Gasteiger partial charge in [-0.2, -0.15) is 0 Å². The molecule has 136 valence electrons. The minimum atomic E-state index is -1.10. The van der Waals surface area contributed by atoms with E-state index in [1.54, 1.807) is 60.7 Å². The fraction of sp³-hybridized carbons (Fsp3) is 0.250. The molecule has 0 fully saturated rings. The largest absolute Gasteiger partial charge is 0.480 e. The van der Waals surface area contributed by atoms with Crippen LogP contribution in [0.3, 0.4) is 0 Å². The van der Waals surface area contributed by atoms with Gasteiger partial charge in [-0.1, -0.05) is 61.9 Å². The Morgan fingerprint density at radius 1 is 0.923 bits per heavy atom. The van der Waals surface area contributed by atoms with Crippen molar-refractivity contribution in [3.8, 4) is 0 Å². The van der Waals surface area contributed by atoms with E-state index < -0.39 is 29.9 Å². The van der Waals surface area contributed by atoms with E-state index in [0.29, 0.717) is 24.0 Å². The van der Waals surface area contributed by atoms with Crippen molar-refractivity contribution in [1.29, 1.82) is 0 Å². The number of carboxylic acids is 1. The van der Waals surface area contributed by atoms with Crippen LogP contribution in [0.4, 0.5) is 0 Å². The third-order valence-electron chi connectivity index (χ3n) is 3.90. The highest BCUT2D eigenvalue weighted by Crippen LogP contribution is 2.15. The van der Waals surface area contributed by atoms with Gasteiger partial charge in [0.25, 0.3) is 5.91 Å². The number of hydrogen-bond donors (Lipinski definition) is 3. The first-order valence-corrected chi connectivity index (χ1v) is 8.47. The Morgan fingerprint density at radius 3 is 2.04 bits per heavy atom. The summed E-state index contributed by atoms with van der Waals surface area (Å²) in [5.74, 6) is -2.06. The second-order valence-corrected chi connectivity index (χ2v) is 5.87. The summed E-state index contributed by atoms with van der Waals surface area (Å²) in [6, 6.07) is 15.3. The number of benzene rings is 2. The highest BCUT2D eigenvalue weighted by Gasteiger charge is 2.27. The van der Waals surface area contributed by atoms with Gasteiger partial charge in [-0.25, -0.2) is 4.79 Å². The lowest BCUT2D eigenvalue weighted by Gasteiger charge is -2.21. The highest BCUT2D eigenvalue weighted by atomic mass is 16.4. The van der Waals surface area contributed by atoms with Crippen molar-refractivity contribution in [2.45, 2.75) is 31.8 Å². The molecule has 26 heavy (non-hydrogen) atoms. The zero-order valence-corrected chi connectivity index (χ0v) is 14.5. The Kier molecular flexibility index (Phi) is 6.91. The normalized spacial score (nSPS) is 12.7. The number of carbonyl (C=O) groups is 3. The number of nitrogens with one attached hydrogen (secondary N) is 2. The number of aliphatic carboxylic acids is 1. The van der Waals surface area contributed by atoms with Crippen molar-refractivity contribution in [3.05, 3.63) is 71.8 Å². The lowest BCUT2D eigenvalue weighted by Crippen LogP contribution is -2.47. The number of hydrogen-bond acceptors (Lipinski definition) is 3. The topological polar surface area (TPSA) is 95.5 Å². The quantitative estimate of drug-likeness (QED) is 0.679. The van der Waals surface area contributed by atoms with Gasteiger partial charge < -0.3 is 15.7 Å². The Bertz CT molecular complexity index is 747. The van der Waals surface area contributed by atoms with E-state index in [9.17, 15) is 19.5 Å². The van der Waals surface area contributed by atoms with Gasteiger partial charge in [-0.15, -0.1) is 0 Å². The molecule has 3 N–H and O–H groups in total. The average molecular weight is 354 g/mol. The maximum atomic E-state index is 12.7. The number of carboxylic acid groups (broad SMARTS) is 1. The first kappa shape index (κ1) is 19.2. The Labute approximate surface area is 152 Å². The predicted molar refractivity (Wildman–Crippen MR) is 97.6 cm³/mol. The smallest absolute Gasteiger partial charge is 0.326 e. The maximum absolute atomic E-state index is 12.7. The first-order chi connectivity index (χ1) is 12.5. The fourth-order valence-corrected chi connectivity index (χ4v) is 2.55. The van der Waals surface area contributed by atoms with Crippen molar-refractivity contribution >= 4 is 17.8 Å². The second-order valence-electron chi connectivity index (χ2n) is 5.87. The van der Waals surface area contributed by atoms with Crippen molar-refractivity contribution in [2.24, 2.45) is 0 Å². The summed E-state index contributed by atoms with van der Waals surface area (Å²) in [4.78, 5) is 36.5. The molecule has 0 aliphatic heterocycles. The van der Waals surface area contributed by atoms with Gasteiger partial charge in [0.1, 0.15) is 12.1 Å². The molecule has 0 aliphatic rings. The molecule has 0 saturated heterocycles. The summed E-state index contributed by atoms with van der Waals surface area (Å²) in [5.41, 5.74) is 1.000. The molecular weight excluding hydrogens is 332 g/mol. The summed E-state index contributed by atoms with van der Waals surface area (Å²) in [6.45, 7) is 1.84. The van der Waals surface area contributed by atoms with Gasteiger partial charge in [-0.3, -0.25) is 9.59 Å². The molecule has 6 heteroatoms. The lowest BCUT2D eigenvalue weighted by atomic mass is 10.0. The van der Waals surface area contributed by atoms with Crippen LogP contribution in [0.15, 0.2) is 60.7 Å². The number of rotatable bonds is 8. The van der Waals surface area contributed by atoms with Gasteiger partial charge in [0.05, 0.1) is 0 Å². The number of amides is 2. The SMILES string of the molecule is CCCC(NC(=O)C(NC(=O)c1ccccc1)c1ccccc1)C(=O)O. The Morgan fingerprint density at radius 2 is 1.50 bits per heavy atom. The van der Waals surface area contributed by atoms with Crippen LogP contribution in [0.1, 0.15) is 41.7 Å². The molecule has 2 aromatic rings. The number of carbonyl (C=O) groups excluding carboxylic acids is 2. The van der Waals surface area contributed by atoms with E-state index in [4.69, 9.17) is 0 Å². The van der Waals surface area contributed by atoms with E-state index in [1.807, 2.05) is 6.92 Å². The van der Waals surface area contributed by atoms with Crippen molar-refractivity contribution < 1.29 is 19.5 Å². The van der Waals surface area contributed by atoms with E-state index >= 15 is 0 Å². The Hall–Kier alpha value is -3.15. The maximum Gasteiger partial charge on any atom is 0.326 e. The molecule has 2 amide bonds. The van der Waals surface area contributed by atoms with Crippen LogP contribution >= 0.6 is 0 Å². The van der Waals surface area contributed by atoms with Gasteiger partial charge >= 0.3 is 5.97 Å². The molecule has 6 nitrogen and oxygen atoms in total. The molecule has 2 rings (SSSR count). The predicted octanol–water partition coefficient (Wildman–Crippen LogP) is 2.53. The zero-order chi connectivity index (χ0) is 18.9. The molecule has 2 unspecified atom stereocenters. The molecule has 2 aromatic carbocycles. The molecule has 0 bridgehead atoms. The molecule has 0 heterocycles. The monoisotopic (exact) mass is 354 g/mol. The summed E-state index contributed by atoms with van der Waals surface area (Å²) in [6.07, 6.45) is 0.929. The van der Waals surface area contributed by atoms with Gasteiger partial charge in [0.15, 0.2) is 0 Å². The Balaban J connectivity index is 2.22. The third kappa shape index (κ3) is 5.17. The van der Waals surface area contributed by atoms with Crippen molar-refractivity contribution in [3.63, 3.8) is 0 Å². The van der Waals surface area contributed by atoms with E-state index in [2.05, 4.69) is 10.6 Å². The third-order valence-corrected chi connectivity index (χ3v) is 3.90. The molecule has 0 aliphatic carbocycles. The molecule has 0 spiro atoms. The van der Waals surface area contributed by atoms with Gasteiger partial charge in [-0.05, 0) is 24.1 Å². The van der Waals surface area contributed by atoms with Crippen LogP contribution in [0, 0.1) is 0 Å². The molecule has 2 atom stereocenters. The van der Waals surface area contributed by atoms with Crippen molar-refractivity contribution in [1.82, 2.24) is 10.6 Å². The molecule has 0 aromatic heterocycles. The van der Waals surface area contributed by atoms with Gasteiger partial charge in [0, 0.05) is 5.56 Å². The van der Waals surface area contributed by atoms with Crippen LogP contribution < -0.4 is 10.6 Å². The molecule has 0 radical (unpaired) electrons. The highest BCUT2D eigenvalue weighted by molar-refractivity contribution is 5.98. The summed E-state index contributed by atoms with van der Waals surface area (Å²) in [7, 11) is 0. The minimum absolute atomic E-state index is 0.315. The summed E-state index contributed by atoms with van der Waals surface area (Å²) < 4.78 is 0. The fourth-order valence-electron chi connectivity index (χ4n) is 2.55. The lowest BCUT2D eigenvalue weighted by molar-refractivity contribution is -0.142. The van der Waals surface area contributed by atoms with E-state index in [-0.39, 0.29) is 0 Å². The van der Waals surface area contributed by atoms with E-state index in [1.165, 1.54) is 0 Å². The molecule has 0 saturated carbocycles. The summed E-state index contributed by atoms with van der Waals surface area (Å²) in [5, 5.41) is 14.5. The van der Waals surface area contributed by atoms with Crippen LogP contribution in [-0.2, 0) is 9.59 Å². The first-order valence-electron chi connectivity index (χ1n) is 8.47. The van der Waals surface area contributed by atoms with Gasteiger partial charge in [0.2, 0.25) is 5.91 Å². The van der Waals surface area contributed by atoms with E-state index in [0.717, 1.165) is 0 Å². The van der Waals surface area contributed by atoms with Crippen LogP contribution in [0.5, 0.6) is 0 Å². The van der Waals surface area contributed by atoms with Crippen molar-refractivity contribution in [2.75, 3.05) is 0 Å². The zero-order valence-electron chi connectivity index (χ0n) is 14.5. The van der Waals surface area contributed by atoms with Crippen LogP contribution in [0.25, 0.3) is 0 Å².